The van der Waals surface area contributed by atoms with Crippen LogP contribution in [-0.2, 0) is 6.18 Å². The van der Waals surface area contributed by atoms with Crippen LogP contribution in [0.5, 0.6) is 5.88 Å². The Balaban J connectivity index is 1.51. The predicted molar refractivity (Wildman–Crippen MR) is 117 cm³/mol. The number of carbonyl (C=O) groups is 1. The lowest BCUT2D eigenvalue weighted by molar-refractivity contribution is -0.140. The second kappa shape index (κ2) is 9.35. The van der Waals surface area contributed by atoms with Gasteiger partial charge >= 0.3 is 12.3 Å². The summed E-state index contributed by atoms with van der Waals surface area (Å²) >= 11 is 3.41. The molecule has 1 amide bonds. The summed E-state index contributed by atoms with van der Waals surface area (Å²) in [7, 11) is 0. The molecule has 13 heteroatoms. The van der Waals surface area contributed by atoms with E-state index in [1.165, 1.54) is 0 Å². The lowest BCUT2D eigenvalue weighted by atomic mass is 9.93. The number of ether oxygens (including phenoxy) is 1. The Morgan fingerprint density at radius 1 is 1.29 bits per heavy atom. The SMILES string of the molecule is CCN(C(=O)O)c1cc2c(cn1)c(Br)nn2C1CCC(Oc2nccc(C(F)(F)F)c2F)CC1. The zero-order valence-corrected chi connectivity index (χ0v) is 19.5. The summed E-state index contributed by atoms with van der Waals surface area (Å²) in [6.07, 6.45) is -1.96. The summed E-state index contributed by atoms with van der Waals surface area (Å²) < 4.78 is 60.9. The second-order valence-electron chi connectivity index (χ2n) is 7.85. The van der Waals surface area contributed by atoms with Crippen molar-refractivity contribution >= 4 is 38.7 Å². The van der Waals surface area contributed by atoms with Crippen molar-refractivity contribution in [3.63, 3.8) is 0 Å². The van der Waals surface area contributed by atoms with E-state index < -0.39 is 35.6 Å². The Labute approximate surface area is 199 Å². The molecular weight excluding hydrogens is 526 g/mol. The van der Waals surface area contributed by atoms with Gasteiger partial charge in [0.15, 0.2) is 5.82 Å². The summed E-state index contributed by atoms with van der Waals surface area (Å²) in [5.74, 6) is -1.90. The quantitative estimate of drug-likeness (QED) is 0.406. The summed E-state index contributed by atoms with van der Waals surface area (Å²) in [6.45, 7) is 1.93. The van der Waals surface area contributed by atoms with Crippen molar-refractivity contribution < 1.29 is 32.2 Å². The first kappa shape index (κ1) is 24.2. The Bertz CT molecular complexity index is 1210. The zero-order valence-electron chi connectivity index (χ0n) is 17.9. The molecule has 1 aliphatic rings. The van der Waals surface area contributed by atoms with Crippen LogP contribution >= 0.6 is 15.9 Å². The Hall–Kier alpha value is -2.96. The molecule has 3 aromatic heterocycles. The summed E-state index contributed by atoms with van der Waals surface area (Å²) in [6, 6.07) is 2.17. The fraction of sp³-hybridized carbons (Fsp3) is 0.429. The van der Waals surface area contributed by atoms with Gasteiger partial charge in [-0.15, -0.1) is 0 Å². The second-order valence-corrected chi connectivity index (χ2v) is 8.60. The molecule has 0 radical (unpaired) electrons. The van der Waals surface area contributed by atoms with Gasteiger partial charge in [0, 0.05) is 25.0 Å². The normalized spacial score (nSPS) is 18.8. The van der Waals surface area contributed by atoms with Crippen molar-refractivity contribution in [3.8, 4) is 5.88 Å². The molecule has 1 aliphatic carbocycles. The van der Waals surface area contributed by atoms with Crippen molar-refractivity contribution in [1.82, 2.24) is 19.7 Å². The number of aromatic nitrogens is 4. The molecule has 182 valence electrons. The van der Waals surface area contributed by atoms with Crippen LogP contribution in [-0.4, -0.2) is 43.6 Å². The van der Waals surface area contributed by atoms with Gasteiger partial charge in [0.1, 0.15) is 16.5 Å². The molecule has 0 bridgehead atoms. The maximum Gasteiger partial charge on any atom is 0.419 e. The van der Waals surface area contributed by atoms with Gasteiger partial charge in [0.2, 0.25) is 0 Å². The molecule has 1 N–H and O–H groups in total. The smallest absolute Gasteiger partial charge is 0.419 e. The highest BCUT2D eigenvalue weighted by atomic mass is 79.9. The highest BCUT2D eigenvalue weighted by Crippen LogP contribution is 2.37. The van der Waals surface area contributed by atoms with Gasteiger partial charge in [0.05, 0.1) is 22.5 Å². The Kier molecular flexibility index (Phi) is 6.65. The van der Waals surface area contributed by atoms with Gasteiger partial charge in [-0.2, -0.15) is 18.3 Å². The van der Waals surface area contributed by atoms with Crippen molar-refractivity contribution in [2.45, 2.75) is 50.9 Å². The molecule has 0 atom stereocenters. The van der Waals surface area contributed by atoms with Crippen LogP contribution in [0.25, 0.3) is 10.9 Å². The molecule has 8 nitrogen and oxygen atoms in total. The van der Waals surface area contributed by atoms with E-state index in [2.05, 4.69) is 31.0 Å². The molecule has 0 unspecified atom stereocenters. The van der Waals surface area contributed by atoms with E-state index in [-0.39, 0.29) is 18.4 Å². The van der Waals surface area contributed by atoms with Crippen molar-refractivity contribution in [1.29, 1.82) is 0 Å². The molecule has 0 aromatic carbocycles. The number of carboxylic acid groups (broad SMARTS) is 1. The van der Waals surface area contributed by atoms with E-state index >= 15 is 0 Å². The van der Waals surface area contributed by atoms with Gasteiger partial charge in [0.25, 0.3) is 5.88 Å². The topological polar surface area (TPSA) is 93.4 Å². The van der Waals surface area contributed by atoms with E-state index in [0.29, 0.717) is 41.9 Å². The van der Waals surface area contributed by atoms with Crippen LogP contribution in [0.15, 0.2) is 29.1 Å². The van der Waals surface area contributed by atoms with E-state index in [1.807, 2.05) is 0 Å². The fourth-order valence-corrected chi connectivity index (χ4v) is 4.57. The lowest BCUT2D eigenvalue weighted by Crippen LogP contribution is -2.29. The number of pyridine rings is 2. The molecule has 0 aliphatic heterocycles. The Morgan fingerprint density at radius 2 is 2.00 bits per heavy atom. The van der Waals surface area contributed by atoms with E-state index in [9.17, 15) is 27.5 Å². The highest BCUT2D eigenvalue weighted by molar-refractivity contribution is 9.10. The van der Waals surface area contributed by atoms with Gasteiger partial charge in [-0.3, -0.25) is 9.58 Å². The third kappa shape index (κ3) is 4.65. The number of amides is 1. The van der Waals surface area contributed by atoms with Crippen LogP contribution in [0.2, 0.25) is 0 Å². The van der Waals surface area contributed by atoms with Crippen molar-refractivity contribution in [2.75, 3.05) is 11.4 Å². The van der Waals surface area contributed by atoms with E-state index in [4.69, 9.17) is 4.74 Å². The largest absolute Gasteiger partial charge is 0.472 e. The van der Waals surface area contributed by atoms with Crippen LogP contribution in [0.4, 0.5) is 28.2 Å². The first-order valence-electron chi connectivity index (χ1n) is 10.5. The van der Waals surface area contributed by atoms with Crippen LogP contribution in [0.1, 0.15) is 44.2 Å². The number of rotatable bonds is 5. The van der Waals surface area contributed by atoms with E-state index in [0.717, 1.165) is 16.5 Å². The Morgan fingerprint density at radius 3 is 2.62 bits per heavy atom. The third-order valence-electron chi connectivity index (χ3n) is 5.79. The van der Waals surface area contributed by atoms with Crippen LogP contribution in [0.3, 0.4) is 0 Å². The third-order valence-corrected chi connectivity index (χ3v) is 6.37. The maximum atomic E-state index is 14.3. The number of halogens is 5. The standard InChI is InChI=1S/C21H20BrF4N5O3/c1-2-30(20(32)33)16-9-15-13(10-28-16)18(22)29-31(15)11-3-5-12(6-4-11)34-19-17(23)14(7-8-27-19)21(24,25)26/h7-12H,2-6H2,1H3,(H,32,33). The van der Waals surface area contributed by atoms with Gasteiger partial charge in [-0.1, -0.05) is 0 Å². The van der Waals surface area contributed by atoms with Crippen molar-refractivity contribution in [2.24, 2.45) is 0 Å². The van der Waals surface area contributed by atoms with Crippen LogP contribution < -0.4 is 9.64 Å². The van der Waals surface area contributed by atoms with Gasteiger partial charge in [-0.25, -0.2) is 19.2 Å². The average Bonchev–Trinajstić information content (AvgIpc) is 3.11. The summed E-state index contributed by atoms with van der Waals surface area (Å²) in [4.78, 5) is 20.5. The minimum absolute atomic E-state index is 0.0666. The average molecular weight is 546 g/mol. The molecular formula is C21H20BrF4N5O3. The molecule has 34 heavy (non-hydrogen) atoms. The predicted octanol–water partition coefficient (Wildman–Crippen LogP) is 5.81. The molecule has 3 heterocycles. The zero-order chi connectivity index (χ0) is 24.6. The minimum atomic E-state index is -4.83. The highest BCUT2D eigenvalue weighted by Gasteiger charge is 2.36. The number of hydrogen-bond acceptors (Lipinski definition) is 5. The van der Waals surface area contributed by atoms with Crippen LogP contribution in [0, 0.1) is 5.82 Å². The minimum Gasteiger partial charge on any atom is -0.472 e. The first-order valence-corrected chi connectivity index (χ1v) is 11.3. The number of fused-ring (bicyclic) bond motifs is 1. The first-order chi connectivity index (χ1) is 16.1. The molecule has 0 spiro atoms. The molecule has 4 rings (SSSR count). The number of alkyl halides is 3. The lowest BCUT2D eigenvalue weighted by Gasteiger charge is -2.29. The maximum absolute atomic E-state index is 14.3. The summed E-state index contributed by atoms with van der Waals surface area (Å²) in [5.41, 5.74) is -0.711. The van der Waals surface area contributed by atoms with E-state index in [1.54, 1.807) is 23.9 Å². The monoisotopic (exact) mass is 545 g/mol. The summed E-state index contributed by atoms with van der Waals surface area (Å²) in [5, 5.41) is 14.7. The molecule has 0 saturated heterocycles. The molecule has 3 aromatic rings. The van der Waals surface area contributed by atoms with Crippen molar-refractivity contribution in [3.05, 3.63) is 40.5 Å². The van der Waals surface area contributed by atoms with Gasteiger partial charge < -0.3 is 9.84 Å². The fourth-order valence-electron chi connectivity index (χ4n) is 4.10. The molecule has 1 saturated carbocycles. The molecule has 1 fully saturated rings. The number of hydrogen-bond donors (Lipinski definition) is 1. The van der Waals surface area contributed by atoms with Gasteiger partial charge in [-0.05, 0) is 54.6 Å². The number of anilines is 1. The number of nitrogens with zero attached hydrogens (tertiary/aromatic N) is 5.